The predicted molar refractivity (Wildman–Crippen MR) is 86.4 cm³/mol. The fourth-order valence-corrected chi connectivity index (χ4v) is 2.75. The third-order valence-electron chi connectivity index (χ3n) is 3.60. The van der Waals surface area contributed by atoms with Gasteiger partial charge in [-0.1, -0.05) is 6.07 Å². The Morgan fingerprint density at radius 1 is 1.04 bits per heavy atom. The molecule has 1 N–H and O–H groups in total. The van der Waals surface area contributed by atoms with Crippen molar-refractivity contribution in [3.63, 3.8) is 0 Å². The smallest absolute Gasteiger partial charge is 0.351 e. The molecule has 1 heterocycles. The van der Waals surface area contributed by atoms with Crippen molar-refractivity contribution in [3.05, 3.63) is 63.3 Å². The zero-order chi connectivity index (χ0) is 18.4. The highest BCUT2D eigenvalue weighted by molar-refractivity contribution is 9.12. The molecule has 0 bridgehead atoms. The molecule has 1 aliphatic carbocycles. The van der Waals surface area contributed by atoms with Gasteiger partial charge in [-0.15, -0.1) is 0 Å². The molecule has 0 unspecified atom stereocenters. The van der Waals surface area contributed by atoms with Gasteiger partial charge in [0.15, 0.2) is 0 Å². The number of hydrogen-bond donors (Lipinski definition) is 1. The van der Waals surface area contributed by atoms with E-state index in [9.17, 15) is 22.8 Å². The molecule has 2 aromatic rings. The molecule has 128 valence electrons. The number of Topliss-reactive ketones (excluding diaryl/α,β-unsaturated/α-hetero) is 2. The summed E-state index contributed by atoms with van der Waals surface area (Å²) in [4.78, 5) is 32.5. The third-order valence-corrected chi connectivity index (χ3v) is 4.36. The first-order valence-corrected chi connectivity index (χ1v) is 7.74. The maximum Gasteiger partial charge on any atom is 0.416 e. The molecule has 0 amide bonds. The monoisotopic (exact) mass is 411 g/mol. The molecule has 0 atom stereocenters. The zero-order valence-corrected chi connectivity index (χ0v) is 14.2. The van der Waals surface area contributed by atoms with Crippen LogP contribution in [0.4, 0.5) is 18.9 Å². The van der Waals surface area contributed by atoms with E-state index < -0.39 is 23.3 Å². The molecule has 1 aromatic carbocycles. The minimum atomic E-state index is -4.53. The van der Waals surface area contributed by atoms with Gasteiger partial charge in [0.2, 0.25) is 11.6 Å². The summed E-state index contributed by atoms with van der Waals surface area (Å²) in [5.41, 5.74) is -0.762. The van der Waals surface area contributed by atoms with Crippen LogP contribution < -0.4 is 5.32 Å². The number of hydrogen-bond acceptors (Lipinski definition) is 5. The summed E-state index contributed by atoms with van der Waals surface area (Å²) in [6, 6.07) is 3.10. The van der Waals surface area contributed by atoms with Crippen molar-refractivity contribution in [3.8, 4) is 0 Å². The van der Waals surface area contributed by atoms with E-state index in [4.69, 9.17) is 0 Å². The van der Waals surface area contributed by atoms with Gasteiger partial charge in [-0.2, -0.15) is 13.2 Å². The Hall–Kier alpha value is -2.55. The van der Waals surface area contributed by atoms with Crippen molar-refractivity contribution < 1.29 is 22.8 Å². The summed E-state index contributed by atoms with van der Waals surface area (Å²) in [5, 5.41) is 2.63. The number of carbonyl (C=O) groups excluding carboxylic acids is 2. The van der Waals surface area contributed by atoms with E-state index >= 15 is 0 Å². The molecule has 0 spiro atoms. The van der Waals surface area contributed by atoms with Crippen LogP contribution in [0.1, 0.15) is 32.1 Å². The van der Waals surface area contributed by atoms with E-state index in [1.807, 2.05) is 0 Å². The first-order valence-electron chi connectivity index (χ1n) is 6.95. The first-order chi connectivity index (χ1) is 11.7. The lowest BCUT2D eigenvalue weighted by Gasteiger charge is -2.19. The molecular weight excluding hydrogens is 403 g/mol. The topological polar surface area (TPSA) is 72.0 Å². The van der Waals surface area contributed by atoms with Crippen molar-refractivity contribution in [1.82, 2.24) is 9.97 Å². The number of fused-ring (bicyclic) bond motifs is 1. The third kappa shape index (κ3) is 3.07. The van der Waals surface area contributed by atoms with Gasteiger partial charge in [0.25, 0.3) is 0 Å². The Balaban J connectivity index is 2.05. The summed E-state index contributed by atoms with van der Waals surface area (Å²) < 4.78 is 38.6. The largest absolute Gasteiger partial charge is 0.416 e. The number of ketones is 2. The molecule has 5 nitrogen and oxygen atoms in total. The van der Waals surface area contributed by atoms with Gasteiger partial charge < -0.3 is 5.32 Å². The summed E-state index contributed by atoms with van der Waals surface area (Å²) in [6.07, 6.45) is -1.99. The second-order valence-corrected chi connectivity index (χ2v) is 6.05. The number of aromatic nitrogens is 2. The molecular formula is C16H9BrF3N3O2. The fourth-order valence-electron chi connectivity index (χ4n) is 2.29. The fraction of sp³-hybridized carbons (Fsp3) is 0.125. The number of alkyl halides is 3. The molecule has 0 fully saturated rings. The Morgan fingerprint density at radius 2 is 1.64 bits per heavy atom. The molecule has 9 heteroatoms. The lowest BCUT2D eigenvalue weighted by Crippen LogP contribution is -2.26. The summed E-state index contributed by atoms with van der Waals surface area (Å²) in [7, 11) is 0. The Bertz CT molecular complexity index is 938. The van der Waals surface area contributed by atoms with Crippen LogP contribution in [0.5, 0.6) is 0 Å². The van der Waals surface area contributed by atoms with Gasteiger partial charge in [-0.25, -0.2) is 9.97 Å². The second kappa shape index (κ2) is 6.07. The summed E-state index contributed by atoms with van der Waals surface area (Å²) in [6.45, 7) is 1.58. The summed E-state index contributed by atoms with van der Waals surface area (Å²) in [5.74, 6) is -1.21. The Morgan fingerprint density at radius 3 is 2.24 bits per heavy atom. The van der Waals surface area contributed by atoms with Crippen molar-refractivity contribution in [1.29, 1.82) is 0 Å². The van der Waals surface area contributed by atoms with Crippen LogP contribution in [0, 0.1) is 6.92 Å². The first kappa shape index (κ1) is 17.3. The predicted octanol–water partition coefficient (Wildman–Crippen LogP) is 3.90. The number of allylic oxidation sites excluding steroid dienone is 2. The standard InChI is InChI=1S/C16H9BrF3N3O2/c1-7-2-3-8(16(18,19)20)6-9(7)23-11-10(17)14(24)12-13(15(11)25)22-5-4-21-12/h2-6,23H,1H3. The SMILES string of the molecule is Cc1ccc(C(F)(F)F)cc1NC1=C(Br)C(=O)c2nccnc2C1=O. The highest BCUT2D eigenvalue weighted by atomic mass is 79.9. The molecule has 3 rings (SSSR count). The van der Waals surface area contributed by atoms with Crippen molar-refractivity contribution in [2.45, 2.75) is 13.1 Å². The highest BCUT2D eigenvalue weighted by Gasteiger charge is 2.35. The number of halogens is 4. The van der Waals surface area contributed by atoms with Crippen LogP contribution in [0.2, 0.25) is 0 Å². The van der Waals surface area contributed by atoms with Crippen LogP contribution in [0.15, 0.2) is 40.8 Å². The van der Waals surface area contributed by atoms with E-state index in [1.54, 1.807) is 6.92 Å². The van der Waals surface area contributed by atoms with Gasteiger partial charge >= 0.3 is 6.18 Å². The average molecular weight is 412 g/mol. The molecule has 0 saturated heterocycles. The van der Waals surface area contributed by atoms with Crippen LogP contribution in [0.25, 0.3) is 0 Å². The van der Waals surface area contributed by atoms with Gasteiger partial charge in [0.05, 0.1) is 10.0 Å². The van der Waals surface area contributed by atoms with Gasteiger partial charge in [-0.3, -0.25) is 9.59 Å². The number of carbonyl (C=O) groups is 2. The second-order valence-electron chi connectivity index (χ2n) is 5.25. The minimum absolute atomic E-state index is 0.0651. The number of nitrogens with one attached hydrogen (secondary N) is 1. The van der Waals surface area contributed by atoms with E-state index in [0.717, 1.165) is 12.1 Å². The van der Waals surface area contributed by atoms with Crippen LogP contribution in [0.3, 0.4) is 0 Å². The van der Waals surface area contributed by atoms with Gasteiger partial charge in [0.1, 0.15) is 17.1 Å². The zero-order valence-electron chi connectivity index (χ0n) is 12.6. The van der Waals surface area contributed by atoms with Crippen LogP contribution in [-0.4, -0.2) is 21.5 Å². The van der Waals surface area contributed by atoms with Crippen molar-refractivity contribution >= 4 is 33.2 Å². The minimum Gasteiger partial charge on any atom is -0.351 e. The highest BCUT2D eigenvalue weighted by Crippen LogP contribution is 2.34. The number of rotatable bonds is 2. The van der Waals surface area contributed by atoms with E-state index in [0.29, 0.717) is 5.56 Å². The molecule has 25 heavy (non-hydrogen) atoms. The lowest BCUT2D eigenvalue weighted by molar-refractivity contribution is -0.137. The lowest BCUT2D eigenvalue weighted by atomic mass is 10.0. The Kier molecular flexibility index (Phi) is 4.19. The number of anilines is 1. The molecule has 0 saturated carbocycles. The van der Waals surface area contributed by atoms with Gasteiger partial charge in [-0.05, 0) is 40.5 Å². The van der Waals surface area contributed by atoms with Crippen LogP contribution >= 0.6 is 15.9 Å². The summed E-state index contributed by atoms with van der Waals surface area (Å²) >= 11 is 3.03. The number of nitrogens with zero attached hydrogens (tertiary/aromatic N) is 2. The number of aryl methyl sites for hydroxylation is 1. The van der Waals surface area contributed by atoms with E-state index in [2.05, 4.69) is 31.2 Å². The number of benzene rings is 1. The van der Waals surface area contributed by atoms with E-state index in [1.165, 1.54) is 18.5 Å². The van der Waals surface area contributed by atoms with Crippen molar-refractivity contribution in [2.24, 2.45) is 0 Å². The molecule has 0 aliphatic heterocycles. The van der Waals surface area contributed by atoms with E-state index in [-0.39, 0.29) is 27.3 Å². The maximum atomic E-state index is 12.9. The molecule has 0 radical (unpaired) electrons. The Labute approximate surface area is 148 Å². The normalized spacial score (nSPS) is 14.6. The quantitative estimate of drug-likeness (QED) is 0.810. The van der Waals surface area contributed by atoms with Crippen LogP contribution in [-0.2, 0) is 6.18 Å². The molecule has 1 aromatic heterocycles. The van der Waals surface area contributed by atoms with Crippen molar-refractivity contribution in [2.75, 3.05) is 5.32 Å². The maximum absolute atomic E-state index is 12.9. The molecule has 1 aliphatic rings. The average Bonchev–Trinajstić information content (AvgIpc) is 2.57. The van der Waals surface area contributed by atoms with Gasteiger partial charge in [0, 0.05) is 18.1 Å².